The molecule has 1 aromatic rings. The van der Waals surface area contributed by atoms with Crippen molar-refractivity contribution in [1.29, 1.82) is 0 Å². The fourth-order valence-corrected chi connectivity index (χ4v) is 4.46. The maximum absolute atomic E-state index is 11.6. The van der Waals surface area contributed by atoms with Crippen LogP contribution in [-0.2, 0) is 0 Å². The van der Waals surface area contributed by atoms with Gasteiger partial charge in [-0.25, -0.2) is 4.98 Å². The number of hydrogen-bond acceptors (Lipinski definition) is 4. The average molecular weight is 359 g/mol. The van der Waals surface area contributed by atoms with Crippen LogP contribution in [0.4, 0.5) is 5.82 Å². The van der Waals surface area contributed by atoms with Gasteiger partial charge in [-0.1, -0.05) is 27.2 Å². The highest BCUT2D eigenvalue weighted by Crippen LogP contribution is 2.43. The van der Waals surface area contributed by atoms with Crippen molar-refractivity contribution in [2.75, 3.05) is 38.1 Å². The van der Waals surface area contributed by atoms with E-state index >= 15 is 0 Å². The van der Waals surface area contributed by atoms with E-state index in [-0.39, 0.29) is 5.91 Å². The van der Waals surface area contributed by atoms with E-state index in [1.807, 2.05) is 12.1 Å². The van der Waals surface area contributed by atoms with Crippen LogP contribution < -0.4 is 10.2 Å². The summed E-state index contributed by atoms with van der Waals surface area (Å²) in [4.78, 5) is 21.2. The maximum atomic E-state index is 11.6. The minimum atomic E-state index is -0.0836. The third-order valence-corrected chi connectivity index (χ3v) is 6.81. The van der Waals surface area contributed by atoms with Crippen LogP contribution in [0.15, 0.2) is 18.3 Å². The molecule has 1 aromatic heterocycles. The molecule has 3 rings (SSSR count). The van der Waals surface area contributed by atoms with Crippen molar-refractivity contribution in [3.63, 3.8) is 0 Å². The molecule has 2 heterocycles. The SMILES string of the molecule is CCC(C)(C)C1CC[C@@H](N2CCN(c3ccc(C(=O)NC)cn3)CC2)C1. The zero-order chi connectivity index (χ0) is 18.7. The molecule has 2 atom stereocenters. The molecule has 5 nitrogen and oxygen atoms in total. The monoisotopic (exact) mass is 358 g/mol. The summed E-state index contributed by atoms with van der Waals surface area (Å²) in [5.74, 6) is 1.77. The summed E-state index contributed by atoms with van der Waals surface area (Å²) in [6.45, 7) is 11.5. The Morgan fingerprint density at radius 2 is 1.96 bits per heavy atom. The van der Waals surface area contributed by atoms with Crippen molar-refractivity contribution in [2.45, 2.75) is 52.5 Å². The highest BCUT2D eigenvalue weighted by Gasteiger charge is 2.37. The molecule has 0 aromatic carbocycles. The first-order chi connectivity index (χ1) is 12.4. The van der Waals surface area contributed by atoms with Gasteiger partial charge in [-0.3, -0.25) is 9.69 Å². The Bertz CT molecular complexity index is 605. The predicted molar refractivity (Wildman–Crippen MR) is 107 cm³/mol. The topological polar surface area (TPSA) is 48.5 Å². The number of pyridine rings is 1. The summed E-state index contributed by atoms with van der Waals surface area (Å²) in [6.07, 6.45) is 7.05. The van der Waals surface area contributed by atoms with Crippen molar-refractivity contribution in [2.24, 2.45) is 11.3 Å². The Morgan fingerprint density at radius 3 is 2.54 bits per heavy atom. The van der Waals surface area contributed by atoms with Crippen molar-refractivity contribution in [3.05, 3.63) is 23.9 Å². The van der Waals surface area contributed by atoms with E-state index in [2.05, 4.69) is 40.9 Å². The molecule has 26 heavy (non-hydrogen) atoms. The Balaban J connectivity index is 1.52. The number of piperazine rings is 1. The van der Waals surface area contributed by atoms with Gasteiger partial charge < -0.3 is 10.2 Å². The molecule has 1 aliphatic heterocycles. The van der Waals surface area contributed by atoms with E-state index in [1.165, 1.54) is 25.7 Å². The molecule has 144 valence electrons. The molecule has 5 heteroatoms. The highest BCUT2D eigenvalue weighted by molar-refractivity contribution is 5.93. The van der Waals surface area contributed by atoms with Gasteiger partial charge in [-0.05, 0) is 42.7 Å². The Hall–Kier alpha value is -1.62. The quantitative estimate of drug-likeness (QED) is 0.878. The van der Waals surface area contributed by atoms with E-state index in [4.69, 9.17) is 0 Å². The number of carbonyl (C=O) groups excluding carboxylic acids is 1. The fourth-order valence-electron chi connectivity index (χ4n) is 4.46. The summed E-state index contributed by atoms with van der Waals surface area (Å²) in [6, 6.07) is 4.59. The van der Waals surface area contributed by atoms with Crippen LogP contribution in [0.2, 0.25) is 0 Å². The number of carbonyl (C=O) groups is 1. The lowest BCUT2D eigenvalue weighted by Crippen LogP contribution is -2.50. The summed E-state index contributed by atoms with van der Waals surface area (Å²) in [7, 11) is 1.64. The lowest BCUT2D eigenvalue weighted by molar-refractivity contribution is 0.0962. The number of rotatable bonds is 5. The molecule has 2 aliphatic rings. The van der Waals surface area contributed by atoms with Gasteiger partial charge in [0, 0.05) is 45.5 Å². The number of amides is 1. The molecule has 1 amide bonds. The van der Waals surface area contributed by atoms with Crippen LogP contribution >= 0.6 is 0 Å². The lowest BCUT2D eigenvalue weighted by atomic mass is 9.76. The van der Waals surface area contributed by atoms with E-state index in [1.54, 1.807) is 13.2 Å². The Morgan fingerprint density at radius 1 is 1.23 bits per heavy atom. The van der Waals surface area contributed by atoms with Crippen LogP contribution in [0.25, 0.3) is 0 Å². The van der Waals surface area contributed by atoms with E-state index in [0.717, 1.165) is 44.0 Å². The standard InChI is InChI=1S/C21H34N4O/c1-5-21(2,3)17-7-8-18(14-17)24-10-12-25(13-11-24)19-9-6-16(15-23-19)20(26)22-4/h6,9,15,17-18H,5,7-8,10-14H2,1-4H3,(H,22,26)/t17?,18-/m1/s1. The van der Waals surface area contributed by atoms with Gasteiger partial charge in [-0.15, -0.1) is 0 Å². The van der Waals surface area contributed by atoms with E-state index < -0.39 is 0 Å². The summed E-state index contributed by atoms with van der Waals surface area (Å²) >= 11 is 0. The molecular formula is C21H34N4O. The van der Waals surface area contributed by atoms with Crippen molar-refractivity contribution in [3.8, 4) is 0 Å². The number of hydrogen-bond donors (Lipinski definition) is 1. The normalized spacial score (nSPS) is 24.7. The number of anilines is 1. The van der Waals surface area contributed by atoms with Crippen LogP contribution in [-0.4, -0.2) is 55.1 Å². The van der Waals surface area contributed by atoms with Crippen molar-refractivity contribution in [1.82, 2.24) is 15.2 Å². The zero-order valence-electron chi connectivity index (χ0n) is 16.8. The summed E-state index contributed by atoms with van der Waals surface area (Å²) in [5, 5.41) is 2.64. The summed E-state index contributed by atoms with van der Waals surface area (Å²) < 4.78 is 0. The molecule has 1 N–H and O–H groups in total. The molecule has 1 saturated heterocycles. The van der Waals surface area contributed by atoms with Gasteiger partial charge in [0.15, 0.2) is 0 Å². The zero-order valence-corrected chi connectivity index (χ0v) is 16.8. The van der Waals surface area contributed by atoms with Gasteiger partial charge >= 0.3 is 0 Å². The molecule has 0 spiro atoms. The number of nitrogens with zero attached hydrogens (tertiary/aromatic N) is 3. The largest absolute Gasteiger partial charge is 0.355 e. The van der Waals surface area contributed by atoms with Gasteiger partial charge in [0.1, 0.15) is 5.82 Å². The predicted octanol–water partition coefficient (Wildman–Crippen LogP) is 3.17. The minimum absolute atomic E-state index is 0.0836. The molecule has 0 radical (unpaired) electrons. The van der Waals surface area contributed by atoms with E-state index in [0.29, 0.717) is 11.0 Å². The Labute approximate surface area is 158 Å². The fraction of sp³-hybridized carbons (Fsp3) is 0.714. The molecule has 0 bridgehead atoms. The molecular weight excluding hydrogens is 324 g/mol. The third-order valence-electron chi connectivity index (χ3n) is 6.81. The first-order valence-corrected chi connectivity index (χ1v) is 10.1. The second-order valence-corrected chi connectivity index (χ2v) is 8.51. The first-order valence-electron chi connectivity index (χ1n) is 10.1. The van der Waals surface area contributed by atoms with Crippen LogP contribution in [0.1, 0.15) is 56.8 Å². The van der Waals surface area contributed by atoms with Crippen molar-refractivity contribution >= 4 is 11.7 Å². The second kappa shape index (κ2) is 7.95. The second-order valence-electron chi connectivity index (χ2n) is 8.51. The van der Waals surface area contributed by atoms with Gasteiger partial charge in [-0.2, -0.15) is 0 Å². The van der Waals surface area contributed by atoms with Crippen LogP contribution in [0.3, 0.4) is 0 Å². The van der Waals surface area contributed by atoms with Gasteiger partial charge in [0.25, 0.3) is 5.91 Å². The smallest absolute Gasteiger partial charge is 0.252 e. The van der Waals surface area contributed by atoms with Crippen molar-refractivity contribution < 1.29 is 4.79 Å². The number of aromatic nitrogens is 1. The lowest BCUT2D eigenvalue weighted by Gasteiger charge is -2.39. The average Bonchev–Trinajstić information content (AvgIpc) is 3.19. The summed E-state index contributed by atoms with van der Waals surface area (Å²) in [5.41, 5.74) is 1.10. The Kier molecular flexibility index (Phi) is 5.86. The van der Waals surface area contributed by atoms with E-state index in [9.17, 15) is 4.79 Å². The third kappa shape index (κ3) is 4.03. The molecule has 1 saturated carbocycles. The molecule has 1 aliphatic carbocycles. The van der Waals surface area contributed by atoms with Crippen LogP contribution in [0, 0.1) is 11.3 Å². The highest BCUT2D eigenvalue weighted by atomic mass is 16.1. The maximum Gasteiger partial charge on any atom is 0.252 e. The van der Waals surface area contributed by atoms with Gasteiger partial charge in [0.2, 0.25) is 0 Å². The molecule has 2 fully saturated rings. The van der Waals surface area contributed by atoms with Crippen LogP contribution in [0.5, 0.6) is 0 Å². The van der Waals surface area contributed by atoms with Gasteiger partial charge in [0.05, 0.1) is 5.56 Å². The molecule has 1 unspecified atom stereocenters. The minimum Gasteiger partial charge on any atom is -0.355 e. The first kappa shape index (κ1) is 19.2. The number of nitrogens with one attached hydrogen (secondary N) is 1.